The Kier molecular flexibility index (Phi) is 4.47. The first-order valence-electron chi connectivity index (χ1n) is 9.35. The van der Waals surface area contributed by atoms with Crippen molar-refractivity contribution in [1.82, 2.24) is 9.78 Å². The van der Waals surface area contributed by atoms with Crippen LogP contribution in [0.5, 0.6) is 0 Å². The predicted molar refractivity (Wildman–Crippen MR) is 99.8 cm³/mol. The van der Waals surface area contributed by atoms with Crippen LogP contribution in [0.2, 0.25) is 0 Å². The number of anilines is 2. The summed E-state index contributed by atoms with van der Waals surface area (Å²) in [5.41, 5.74) is 3.32. The highest BCUT2D eigenvalue weighted by Crippen LogP contribution is 2.47. The Hall–Kier alpha value is -2.30. The zero-order valence-corrected chi connectivity index (χ0v) is 14.8. The molecule has 5 nitrogen and oxygen atoms in total. The van der Waals surface area contributed by atoms with Crippen LogP contribution >= 0.6 is 0 Å². The molecule has 5 heteroatoms. The largest absolute Gasteiger partial charge is 0.372 e. The van der Waals surface area contributed by atoms with Crippen molar-refractivity contribution in [3.8, 4) is 0 Å². The maximum Gasteiger partial charge on any atom is 0.228 e. The third kappa shape index (κ3) is 3.70. The van der Waals surface area contributed by atoms with Gasteiger partial charge in [-0.25, -0.2) is 0 Å². The fourth-order valence-electron chi connectivity index (χ4n) is 3.80. The molecule has 132 valence electrons. The smallest absolute Gasteiger partial charge is 0.228 e. The van der Waals surface area contributed by atoms with E-state index < -0.39 is 0 Å². The standard InChI is InChI=1S/C20H26N4O/c1-23-14-15(13-21-23)18-12-19(18)20(25)22-16-6-8-17(9-7-16)24-10-4-2-3-5-11-24/h6-9,13-14,18-19H,2-5,10-12H2,1H3,(H,22,25)/t18-,19+/m0/s1. The molecule has 1 aliphatic heterocycles. The van der Waals surface area contributed by atoms with Gasteiger partial charge in [-0.1, -0.05) is 12.8 Å². The number of aryl methyl sites for hydroxylation is 1. The van der Waals surface area contributed by atoms with Crippen LogP contribution in [-0.2, 0) is 11.8 Å². The molecule has 2 heterocycles. The molecule has 0 bridgehead atoms. The molecule has 1 amide bonds. The molecule has 1 saturated carbocycles. The van der Waals surface area contributed by atoms with Gasteiger partial charge in [0.15, 0.2) is 0 Å². The topological polar surface area (TPSA) is 50.2 Å². The van der Waals surface area contributed by atoms with Gasteiger partial charge in [0, 0.05) is 43.6 Å². The van der Waals surface area contributed by atoms with Crippen LogP contribution in [0.15, 0.2) is 36.7 Å². The van der Waals surface area contributed by atoms with Crippen molar-refractivity contribution in [2.45, 2.75) is 38.0 Å². The average Bonchev–Trinajstić information content (AvgIpc) is 3.37. The van der Waals surface area contributed by atoms with E-state index in [4.69, 9.17) is 0 Å². The van der Waals surface area contributed by atoms with Gasteiger partial charge in [-0.3, -0.25) is 9.48 Å². The minimum Gasteiger partial charge on any atom is -0.372 e. The van der Waals surface area contributed by atoms with Gasteiger partial charge < -0.3 is 10.2 Å². The third-order valence-electron chi connectivity index (χ3n) is 5.39. The maximum absolute atomic E-state index is 12.4. The van der Waals surface area contributed by atoms with Gasteiger partial charge in [-0.05, 0) is 55.0 Å². The highest BCUT2D eigenvalue weighted by molar-refractivity contribution is 5.95. The van der Waals surface area contributed by atoms with E-state index in [1.165, 1.54) is 36.9 Å². The van der Waals surface area contributed by atoms with Crippen LogP contribution in [0, 0.1) is 5.92 Å². The Bertz CT molecular complexity index is 728. The van der Waals surface area contributed by atoms with Crippen molar-refractivity contribution in [2.75, 3.05) is 23.3 Å². The summed E-state index contributed by atoms with van der Waals surface area (Å²) in [5.74, 6) is 0.524. The molecular formula is C20H26N4O. The molecule has 1 saturated heterocycles. The van der Waals surface area contributed by atoms with Crippen LogP contribution in [0.1, 0.15) is 43.6 Å². The molecule has 1 aromatic heterocycles. The zero-order valence-electron chi connectivity index (χ0n) is 14.8. The molecule has 4 rings (SSSR count). The Morgan fingerprint density at radius 2 is 1.84 bits per heavy atom. The van der Waals surface area contributed by atoms with E-state index in [1.807, 2.05) is 31.6 Å². The second-order valence-corrected chi connectivity index (χ2v) is 7.33. The number of rotatable bonds is 4. The molecule has 0 spiro atoms. The first-order valence-corrected chi connectivity index (χ1v) is 9.35. The summed E-state index contributed by atoms with van der Waals surface area (Å²) < 4.78 is 1.80. The van der Waals surface area contributed by atoms with Crippen molar-refractivity contribution in [3.05, 3.63) is 42.2 Å². The van der Waals surface area contributed by atoms with Gasteiger partial charge in [0.05, 0.1) is 6.20 Å². The number of carbonyl (C=O) groups excluding carboxylic acids is 1. The number of nitrogens with zero attached hydrogens (tertiary/aromatic N) is 3. The fraction of sp³-hybridized carbons (Fsp3) is 0.500. The molecule has 1 aromatic carbocycles. The van der Waals surface area contributed by atoms with E-state index >= 15 is 0 Å². The quantitative estimate of drug-likeness (QED) is 0.927. The molecule has 0 radical (unpaired) electrons. The van der Waals surface area contributed by atoms with Crippen LogP contribution < -0.4 is 10.2 Å². The molecule has 0 unspecified atom stereocenters. The monoisotopic (exact) mass is 338 g/mol. The Balaban J connectivity index is 1.34. The molecule has 1 aliphatic carbocycles. The lowest BCUT2D eigenvalue weighted by Gasteiger charge is -2.22. The Labute approximate surface area is 149 Å². The van der Waals surface area contributed by atoms with Crippen molar-refractivity contribution in [2.24, 2.45) is 13.0 Å². The lowest BCUT2D eigenvalue weighted by Crippen LogP contribution is -2.23. The number of hydrogen-bond acceptors (Lipinski definition) is 3. The van der Waals surface area contributed by atoms with Gasteiger partial charge in [0.1, 0.15) is 0 Å². The SMILES string of the molecule is Cn1cc([C@@H]2C[C@H]2C(=O)Nc2ccc(N3CCCCCC3)cc2)cn1. The van der Waals surface area contributed by atoms with E-state index in [-0.39, 0.29) is 11.8 Å². The highest BCUT2D eigenvalue weighted by Gasteiger charge is 2.44. The van der Waals surface area contributed by atoms with Crippen LogP contribution in [0.3, 0.4) is 0 Å². The van der Waals surface area contributed by atoms with E-state index in [1.54, 1.807) is 4.68 Å². The van der Waals surface area contributed by atoms with Crippen LogP contribution in [0.4, 0.5) is 11.4 Å². The summed E-state index contributed by atoms with van der Waals surface area (Å²) in [6, 6.07) is 8.32. The minimum absolute atomic E-state index is 0.0782. The molecule has 25 heavy (non-hydrogen) atoms. The van der Waals surface area contributed by atoms with E-state index in [9.17, 15) is 4.79 Å². The lowest BCUT2D eigenvalue weighted by atomic mass is 10.2. The predicted octanol–water partition coefficient (Wildman–Crippen LogP) is 3.54. The fourth-order valence-corrected chi connectivity index (χ4v) is 3.80. The second-order valence-electron chi connectivity index (χ2n) is 7.33. The van der Waals surface area contributed by atoms with Crippen molar-refractivity contribution in [1.29, 1.82) is 0 Å². The van der Waals surface area contributed by atoms with Gasteiger partial charge >= 0.3 is 0 Å². The van der Waals surface area contributed by atoms with Gasteiger partial charge in [0.25, 0.3) is 0 Å². The number of carbonyl (C=O) groups is 1. The Morgan fingerprint density at radius 1 is 1.12 bits per heavy atom. The lowest BCUT2D eigenvalue weighted by molar-refractivity contribution is -0.117. The molecule has 2 fully saturated rings. The number of benzene rings is 1. The number of nitrogens with one attached hydrogen (secondary N) is 1. The molecule has 1 N–H and O–H groups in total. The number of amides is 1. The van der Waals surface area contributed by atoms with E-state index in [0.717, 1.165) is 25.2 Å². The zero-order chi connectivity index (χ0) is 17.2. The Morgan fingerprint density at radius 3 is 2.48 bits per heavy atom. The first kappa shape index (κ1) is 16.2. The second kappa shape index (κ2) is 6.90. The van der Waals surface area contributed by atoms with E-state index in [0.29, 0.717) is 5.92 Å². The summed E-state index contributed by atoms with van der Waals surface area (Å²) >= 11 is 0. The van der Waals surface area contributed by atoms with Crippen molar-refractivity contribution >= 4 is 17.3 Å². The van der Waals surface area contributed by atoms with Crippen LogP contribution in [0.25, 0.3) is 0 Å². The van der Waals surface area contributed by atoms with E-state index in [2.05, 4.69) is 27.4 Å². The van der Waals surface area contributed by atoms with Crippen molar-refractivity contribution < 1.29 is 4.79 Å². The van der Waals surface area contributed by atoms with Crippen molar-refractivity contribution in [3.63, 3.8) is 0 Å². The normalized spacial score (nSPS) is 23.2. The van der Waals surface area contributed by atoms with Crippen LogP contribution in [-0.4, -0.2) is 28.8 Å². The number of aromatic nitrogens is 2. The summed E-state index contributed by atoms with van der Waals surface area (Å²) in [4.78, 5) is 14.9. The minimum atomic E-state index is 0.0782. The average molecular weight is 338 g/mol. The van der Waals surface area contributed by atoms with Gasteiger partial charge in [-0.15, -0.1) is 0 Å². The summed E-state index contributed by atoms with van der Waals surface area (Å²) in [6.07, 6.45) is 10.0. The van der Waals surface area contributed by atoms with Gasteiger partial charge in [0.2, 0.25) is 5.91 Å². The van der Waals surface area contributed by atoms with Gasteiger partial charge in [-0.2, -0.15) is 5.10 Å². The summed E-state index contributed by atoms with van der Waals surface area (Å²) in [5, 5.41) is 7.26. The first-order chi connectivity index (χ1) is 12.2. The molecule has 2 aromatic rings. The third-order valence-corrected chi connectivity index (χ3v) is 5.39. The summed E-state index contributed by atoms with van der Waals surface area (Å²) in [6.45, 7) is 2.28. The molecule has 2 atom stereocenters. The highest BCUT2D eigenvalue weighted by atomic mass is 16.2. The summed E-state index contributed by atoms with van der Waals surface area (Å²) in [7, 11) is 1.91. The molecular weight excluding hydrogens is 312 g/mol. The molecule has 2 aliphatic rings. The number of hydrogen-bond donors (Lipinski definition) is 1. The maximum atomic E-state index is 12.4.